The van der Waals surface area contributed by atoms with Gasteiger partial charge in [0.25, 0.3) is 0 Å². The van der Waals surface area contributed by atoms with Crippen molar-refractivity contribution >= 4 is 23.7 Å². The summed E-state index contributed by atoms with van der Waals surface area (Å²) in [5.41, 5.74) is -0.710. The van der Waals surface area contributed by atoms with Gasteiger partial charge in [0, 0.05) is 39.8 Å². The molecule has 0 saturated carbocycles. The average molecular weight is 624 g/mol. The first-order valence-corrected chi connectivity index (χ1v) is 16.1. The van der Waals surface area contributed by atoms with Crippen molar-refractivity contribution in [2.24, 2.45) is 11.8 Å². The fraction of sp³-hybridized carbons (Fsp3) is 0.588. The zero-order chi connectivity index (χ0) is 32.0. The average Bonchev–Trinajstić information content (AvgIpc) is 3.42. The van der Waals surface area contributed by atoms with Crippen molar-refractivity contribution in [3.05, 3.63) is 60.2 Å². The highest BCUT2D eigenvalue weighted by molar-refractivity contribution is 5.99. The van der Waals surface area contributed by atoms with E-state index in [2.05, 4.69) is 12.2 Å². The summed E-state index contributed by atoms with van der Waals surface area (Å²) in [7, 11) is 1.52. The van der Waals surface area contributed by atoms with E-state index in [1.807, 2.05) is 42.5 Å². The Kier molecular flexibility index (Phi) is 10.7. The summed E-state index contributed by atoms with van der Waals surface area (Å²) in [5.74, 6) is -3.44. The van der Waals surface area contributed by atoms with E-state index in [0.717, 1.165) is 12.8 Å². The number of methoxy groups -OCH3 is 1. The van der Waals surface area contributed by atoms with Crippen LogP contribution < -0.4 is 5.32 Å². The second-order valence-electron chi connectivity index (χ2n) is 12.2. The number of ether oxygens (including phenoxy) is 3. The Morgan fingerprint density at radius 3 is 2.58 bits per heavy atom. The summed E-state index contributed by atoms with van der Waals surface area (Å²) in [6.07, 6.45) is 8.75. The molecular weight excluding hydrogens is 578 g/mol. The molecule has 4 aliphatic heterocycles. The first kappa shape index (κ1) is 32.8. The number of allylic oxidation sites excluding steroid dienone is 1. The van der Waals surface area contributed by atoms with E-state index in [0.29, 0.717) is 37.9 Å². The molecule has 1 spiro atoms. The van der Waals surface area contributed by atoms with Crippen molar-refractivity contribution in [2.45, 2.75) is 75.3 Å². The van der Waals surface area contributed by atoms with Gasteiger partial charge in [-0.05, 0) is 31.2 Å². The highest BCUT2D eigenvalue weighted by Gasteiger charge is 2.71. The highest BCUT2D eigenvalue weighted by Crippen LogP contribution is 2.53. The summed E-state index contributed by atoms with van der Waals surface area (Å²) in [5, 5.41) is 12.4. The fourth-order valence-corrected chi connectivity index (χ4v) is 7.12. The van der Waals surface area contributed by atoms with E-state index >= 15 is 0 Å². The number of aliphatic hydroxyl groups is 1. The molecule has 3 amide bonds. The predicted molar refractivity (Wildman–Crippen MR) is 164 cm³/mol. The highest BCUT2D eigenvalue weighted by atomic mass is 16.6. The lowest BCUT2D eigenvalue weighted by molar-refractivity contribution is -0.162. The zero-order valence-electron chi connectivity index (χ0n) is 26.1. The maximum atomic E-state index is 14.4. The van der Waals surface area contributed by atoms with E-state index in [1.54, 1.807) is 22.0 Å². The van der Waals surface area contributed by atoms with Gasteiger partial charge in [-0.15, -0.1) is 0 Å². The number of benzene rings is 1. The van der Waals surface area contributed by atoms with Gasteiger partial charge in [-0.1, -0.05) is 68.0 Å². The largest absolute Gasteiger partial charge is 0.455 e. The van der Waals surface area contributed by atoms with E-state index < -0.39 is 47.7 Å². The topological polar surface area (TPSA) is 135 Å². The first-order valence-electron chi connectivity index (χ1n) is 16.1. The van der Waals surface area contributed by atoms with Gasteiger partial charge in [-0.2, -0.15) is 0 Å². The minimum atomic E-state index is -1.38. The van der Waals surface area contributed by atoms with Gasteiger partial charge in [-0.3, -0.25) is 19.2 Å². The van der Waals surface area contributed by atoms with Crippen LogP contribution in [0, 0.1) is 11.8 Å². The first-order chi connectivity index (χ1) is 21.9. The maximum absolute atomic E-state index is 14.4. The summed E-state index contributed by atoms with van der Waals surface area (Å²) < 4.78 is 18.4. The number of rotatable bonds is 10. The van der Waals surface area contributed by atoms with Crippen LogP contribution in [0.2, 0.25) is 0 Å². The Balaban J connectivity index is 1.58. The summed E-state index contributed by atoms with van der Waals surface area (Å²) in [6.45, 7) is 3.30. The molecule has 7 atom stereocenters. The molecule has 2 fully saturated rings. The molecule has 1 aromatic carbocycles. The number of hydrogen-bond donors (Lipinski definition) is 2. The van der Waals surface area contributed by atoms with Gasteiger partial charge >= 0.3 is 5.97 Å². The lowest BCUT2D eigenvalue weighted by Gasteiger charge is -2.35. The molecule has 244 valence electrons. The van der Waals surface area contributed by atoms with Crippen molar-refractivity contribution in [3.8, 4) is 0 Å². The normalized spacial score (nSPS) is 32.5. The van der Waals surface area contributed by atoms with Crippen molar-refractivity contribution in [1.29, 1.82) is 0 Å². The van der Waals surface area contributed by atoms with Gasteiger partial charge in [0.15, 0.2) is 0 Å². The van der Waals surface area contributed by atoms with E-state index in [4.69, 9.17) is 14.2 Å². The molecule has 5 rings (SSSR count). The number of carbonyl (C=O) groups is 4. The number of aliphatic hydroxyl groups excluding tert-OH is 1. The molecule has 11 nitrogen and oxygen atoms in total. The van der Waals surface area contributed by atoms with E-state index in [-0.39, 0.29) is 43.9 Å². The van der Waals surface area contributed by atoms with Gasteiger partial charge in [0.1, 0.15) is 23.7 Å². The Bertz CT molecular complexity index is 1290. The van der Waals surface area contributed by atoms with E-state index in [1.165, 1.54) is 7.11 Å². The number of amides is 3. The molecule has 2 saturated heterocycles. The van der Waals surface area contributed by atoms with Crippen molar-refractivity contribution < 1.29 is 38.5 Å². The smallest absolute Gasteiger partial charge is 0.313 e. The Morgan fingerprint density at radius 2 is 1.84 bits per heavy atom. The molecule has 0 unspecified atom stereocenters. The minimum Gasteiger partial charge on any atom is -0.455 e. The van der Waals surface area contributed by atoms with Crippen LogP contribution in [0.25, 0.3) is 0 Å². The number of fused-ring (bicyclic) bond motifs is 2. The van der Waals surface area contributed by atoms with Gasteiger partial charge in [-0.25, -0.2) is 0 Å². The molecule has 11 heteroatoms. The molecule has 4 heterocycles. The van der Waals surface area contributed by atoms with Crippen LogP contribution in [0.15, 0.2) is 54.6 Å². The number of cyclic esters (lactones) is 1. The van der Waals surface area contributed by atoms with Crippen LogP contribution in [0.3, 0.4) is 0 Å². The van der Waals surface area contributed by atoms with Gasteiger partial charge in [0.2, 0.25) is 17.7 Å². The van der Waals surface area contributed by atoms with Crippen molar-refractivity contribution in [1.82, 2.24) is 15.1 Å². The number of esters is 1. The second kappa shape index (κ2) is 14.7. The minimum absolute atomic E-state index is 0.0316. The Morgan fingerprint density at radius 1 is 1.04 bits per heavy atom. The van der Waals surface area contributed by atoms with Crippen LogP contribution in [0.5, 0.6) is 0 Å². The lowest BCUT2D eigenvalue weighted by atomic mass is 9.77. The zero-order valence-corrected chi connectivity index (χ0v) is 26.1. The van der Waals surface area contributed by atoms with Crippen LogP contribution >= 0.6 is 0 Å². The number of carbonyl (C=O) groups excluding carboxylic acids is 4. The molecule has 45 heavy (non-hydrogen) atoms. The van der Waals surface area contributed by atoms with Crippen LogP contribution in [-0.4, -0.2) is 102 Å². The molecule has 2 N–H and O–H groups in total. The number of nitrogens with zero attached hydrogens (tertiary/aromatic N) is 2. The third-order valence-electron chi connectivity index (χ3n) is 9.23. The number of unbranched alkanes of at least 4 members (excludes halogenated alkanes) is 2. The Labute approximate surface area is 264 Å². The quantitative estimate of drug-likeness (QED) is 0.230. The second-order valence-corrected chi connectivity index (χ2v) is 12.2. The Hall–Kier alpha value is -3.54. The monoisotopic (exact) mass is 623 g/mol. The number of nitrogens with one attached hydrogen (secondary N) is 1. The maximum Gasteiger partial charge on any atom is 0.313 e. The number of likely N-dealkylation sites (tertiary alicyclic amines) is 1. The molecule has 4 aliphatic rings. The molecule has 1 aromatic rings. The summed E-state index contributed by atoms with van der Waals surface area (Å²) >= 11 is 0. The van der Waals surface area contributed by atoms with Crippen molar-refractivity contribution in [2.75, 3.05) is 40.0 Å². The van der Waals surface area contributed by atoms with Crippen LogP contribution in [-0.2, 0) is 33.4 Å². The van der Waals surface area contributed by atoms with Crippen LogP contribution in [0.4, 0.5) is 0 Å². The fourth-order valence-electron chi connectivity index (χ4n) is 7.12. The molecule has 0 radical (unpaired) electrons. The summed E-state index contributed by atoms with van der Waals surface area (Å²) in [4.78, 5) is 59.3. The van der Waals surface area contributed by atoms with Gasteiger partial charge in [0.05, 0.1) is 24.7 Å². The molecule has 0 bridgehead atoms. The van der Waals surface area contributed by atoms with Crippen molar-refractivity contribution in [3.63, 3.8) is 0 Å². The third kappa shape index (κ3) is 6.57. The summed E-state index contributed by atoms with van der Waals surface area (Å²) in [6, 6.07) is 7.50. The molecule has 0 aliphatic carbocycles. The lowest BCUT2D eigenvalue weighted by Crippen LogP contribution is -2.55. The standard InChI is InChI=1S/C34H45N3O8/c1-3-4-18-36-19-12-17-34-28(31(40)37(20-10-11-21-38)30(34)32(36)41)27-25(45-34)15-8-9-16-26(39)35-24(22-43-2)29(44-33(27)42)23-13-6-5-7-14-23/h5-8,12-15,17,24-25,27-30,38H,3-4,9-11,16,18-22H2,1-2H3,(H,35,39)/b15-8-/t24-,25-,27+,28+,29-,30-,34+/m0/s1. The van der Waals surface area contributed by atoms with E-state index in [9.17, 15) is 24.3 Å². The molecule has 0 aromatic heterocycles. The predicted octanol–water partition coefficient (Wildman–Crippen LogP) is 2.30. The molecular formula is C34H45N3O8. The number of hydrogen-bond acceptors (Lipinski definition) is 8. The van der Waals surface area contributed by atoms with Crippen LogP contribution in [0.1, 0.15) is 57.1 Å². The third-order valence-corrected chi connectivity index (χ3v) is 9.23. The van der Waals surface area contributed by atoms with Gasteiger partial charge < -0.3 is 34.4 Å². The SMILES string of the molecule is CCCCN1CC=C[C@@]23O[C@H]4/C=C\CCC(=O)N[C@@H](COC)[C@H](c5ccccc5)OC(=O)[C@H]4[C@@H]2C(=O)N(CCCCO)[C@H]3C1=O.